The first-order valence-corrected chi connectivity index (χ1v) is 7.81. The molecule has 0 heterocycles. The van der Waals surface area contributed by atoms with Gasteiger partial charge in [0.2, 0.25) is 0 Å². The smallest absolute Gasteiger partial charge is 0.170 e. The molecule has 0 bridgehead atoms. The average Bonchev–Trinajstić information content (AvgIpc) is 2.51. The molecule has 0 spiro atoms. The highest BCUT2D eigenvalue weighted by atomic mass is 35.5. The molecule has 22 heavy (non-hydrogen) atoms. The summed E-state index contributed by atoms with van der Waals surface area (Å²) in [4.78, 5) is 0. The van der Waals surface area contributed by atoms with Gasteiger partial charge in [0, 0.05) is 17.3 Å². The standard InChI is InChI=1S/C17H19ClN2OS/c1-12-3-6-14(18)11-16(12)20-17(22)19-10-9-13-4-7-15(21-2)8-5-13/h3-8,11H,9-10H2,1-2H3,(H2,19,20,22). The lowest BCUT2D eigenvalue weighted by Crippen LogP contribution is -2.30. The molecule has 0 amide bonds. The molecule has 0 aliphatic heterocycles. The third kappa shape index (κ3) is 4.90. The van der Waals surface area contributed by atoms with Crippen LogP contribution >= 0.6 is 23.8 Å². The minimum absolute atomic E-state index is 0.596. The van der Waals surface area contributed by atoms with Crippen molar-refractivity contribution < 1.29 is 4.74 Å². The molecule has 0 aliphatic rings. The van der Waals surface area contributed by atoms with Crippen molar-refractivity contribution >= 4 is 34.6 Å². The molecular weight excluding hydrogens is 316 g/mol. The molecule has 0 atom stereocenters. The Hall–Kier alpha value is -1.78. The van der Waals surface area contributed by atoms with Crippen molar-refractivity contribution in [2.75, 3.05) is 19.0 Å². The quantitative estimate of drug-likeness (QED) is 0.803. The summed E-state index contributed by atoms with van der Waals surface area (Å²) in [5.74, 6) is 0.866. The Morgan fingerprint density at radius 3 is 2.59 bits per heavy atom. The first-order valence-electron chi connectivity index (χ1n) is 7.02. The third-order valence-corrected chi connectivity index (χ3v) is 3.79. The SMILES string of the molecule is COc1ccc(CCNC(=S)Nc2cc(Cl)ccc2C)cc1. The lowest BCUT2D eigenvalue weighted by molar-refractivity contribution is 0.414. The maximum Gasteiger partial charge on any atom is 0.170 e. The molecule has 2 rings (SSSR count). The van der Waals surface area contributed by atoms with Crippen molar-refractivity contribution in [2.24, 2.45) is 0 Å². The molecule has 0 radical (unpaired) electrons. The van der Waals surface area contributed by atoms with E-state index in [1.165, 1.54) is 5.56 Å². The number of rotatable bonds is 5. The predicted molar refractivity (Wildman–Crippen MR) is 97.1 cm³/mol. The van der Waals surface area contributed by atoms with Crippen molar-refractivity contribution in [1.82, 2.24) is 5.32 Å². The van der Waals surface area contributed by atoms with Crippen LogP contribution in [0.4, 0.5) is 5.69 Å². The Balaban J connectivity index is 1.81. The normalized spacial score (nSPS) is 10.1. The minimum Gasteiger partial charge on any atom is -0.497 e. The van der Waals surface area contributed by atoms with Crippen LogP contribution in [0.2, 0.25) is 5.02 Å². The van der Waals surface area contributed by atoms with Crippen molar-refractivity contribution in [2.45, 2.75) is 13.3 Å². The van der Waals surface area contributed by atoms with Gasteiger partial charge < -0.3 is 15.4 Å². The summed E-state index contributed by atoms with van der Waals surface area (Å²) in [5.41, 5.74) is 3.26. The van der Waals surface area contributed by atoms with E-state index >= 15 is 0 Å². The van der Waals surface area contributed by atoms with Crippen LogP contribution in [0, 0.1) is 6.92 Å². The van der Waals surface area contributed by atoms with Gasteiger partial charge in [-0.3, -0.25) is 0 Å². The first-order chi connectivity index (χ1) is 10.6. The van der Waals surface area contributed by atoms with E-state index in [4.69, 9.17) is 28.6 Å². The van der Waals surface area contributed by atoms with Crippen molar-refractivity contribution in [3.05, 3.63) is 58.6 Å². The number of hydrogen-bond acceptors (Lipinski definition) is 2. The number of benzene rings is 2. The van der Waals surface area contributed by atoms with Gasteiger partial charge in [0.15, 0.2) is 5.11 Å². The van der Waals surface area contributed by atoms with Crippen LogP contribution in [0.25, 0.3) is 0 Å². The molecular formula is C17H19ClN2OS. The molecule has 0 unspecified atom stereocenters. The summed E-state index contributed by atoms with van der Waals surface area (Å²) in [6, 6.07) is 13.7. The van der Waals surface area contributed by atoms with Crippen molar-refractivity contribution in [3.63, 3.8) is 0 Å². The van der Waals surface area contributed by atoms with E-state index < -0.39 is 0 Å². The number of anilines is 1. The van der Waals surface area contributed by atoms with Gasteiger partial charge in [0.1, 0.15) is 5.75 Å². The lowest BCUT2D eigenvalue weighted by atomic mass is 10.1. The Morgan fingerprint density at radius 1 is 1.18 bits per heavy atom. The summed E-state index contributed by atoms with van der Waals surface area (Å²) < 4.78 is 5.14. The van der Waals surface area contributed by atoms with E-state index in [0.717, 1.165) is 30.0 Å². The van der Waals surface area contributed by atoms with E-state index in [1.54, 1.807) is 7.11 Å². The molecule has 0 aliphatic carbocycles. The van der Waals surface area contributed by atoms with Crippen LogP contribution in [0.15, 0.2) is 42.5 Å². The maximum atomic E-state index is 6.00. The van der Waals surface area contributed by atoms with Crippen LogP contribution in [-0.4, -0.2) is 18.8 Å². The number of hydrogen-bond donors (Lipinski definition) is 2. The van der Waals surface area contributed by atoms with Crippen LogP contribution in [-0.2, 0) is 6.42 Å². The molecule has 0 fully saturated rings. The summed E-state index contributed by atoms with van der Waals surface area (Å²) in [6.07, 6.45) is 0.889. The lowest BCUT2D eigenvalue weighted by Gasteiger charge is -2.13. The molecule has 116 valence electrons. The van der Waals surface area contributed by atoms with Crippen LogP contribution in [0.1, 0.15) is 11.1 Å². The predicted octanol–water partition coefficient (Wildman–Crippen LogP) is 4.19. The van der Waals surface area contributed by atoms with Gasteiger partial charge in [-0.1, -0.05) is 29.8 Å². The minimum atomic E-state index is 0.596. The fourth-order valence-electron chi connectivity index (χ4n) is 2.01. The average molecular weight is 335 g/mol. The van der Waals surface area contributed by atoms with E-state index in [0.29, 0.717) is 10.1 Å². The summed E-state index contributed by atoms with van der Waals surface area (Å²) >= 11 is 11.3. The third-order valence-electron chi connectivity index (χ3n) is 3.31. The van der Waals surface area contributed by atoms with E-state index in [1.807, 2.05) is 37.3 Å². The summed E-state index contributed by atoms with van der Waals surface area (Å²) in [5, 5.41) is 7.66. The Labute approximate surface area is 141 Å². The maximum absolute atomic E-state index is 6.00. The zero-order valence-electron chi connectivity index (χ0n) is 12.7. The zero-order valence-corrected chi connectivity index (χ0v) is 14.2. The fraction of sp³-hybridized carbons (Fsp3) is 0.235. The molecule has 0 saturated heterocycles. The molecule has 5 heteroatoms. The molecule has 2 aromatic carbocycles. The highest BCUT2D eigenvalue weighted by Gasteiger charge is 2.02. The van der Waals surface area contributed by atoms with E-state index in [-0.39, 0.29) is 0 Å². The Kier molecular flexibility index (Phi) is 6.04. The molecule has 2 aromatic rings. The largest absolute Gasteiger partial charge is 0.497 e. The van der Waals surface area contributed by atoms with Gasteiger partial charge in [-0.05, 0) is 61.0 Å². The van der Waals surface area contributed by atoms with Gasteiger partial charge in [0.25, 0.3) is 0 Å². The zero-order chi connectivity index (χ0) is 15.9. The second kappa shape index (κ2) is 8.01. The van der Waals surface area contributed by atoms with Crippen molar-refractivity contribution in [1.29, 1.82) is 0 Å². The van der Waals surface area contributed by atoms with Gasteiger partial charge in [0.05, 0.1) is 7.11 Å². The molecule has 0 saturated carbocycles. The van der Waals surface area contributed by atoms with Crippen molar-refractivity contribution in [3.8, 4) is 5.75 Å². The Morgan fingerprint density at radius 2 is 1.91 bits per heavy atom. The van der Waals surface area contributed by atoms with E-state index in [9.17, 15) is 0 Å². The highest BCUT2D eigenvalue weighted by Crippen LogP contribution is 2.20. The first kappa shape index (κ1) is 16.6. The molecule has 2 N–H and O–H groups in total. The number of halogens is 1. The van der Waals surface area contributed by atoms with Gasteiger partial charge in [-0.2, -0.15) is 0 Å². The van der Waals surface area contributed by atoms with Gasteiger partial charge >= 0.3 is 0 Å². The van der Waals surface area contributed by atoms with Crippen LogP contribution < -0.4 is 15.4 Å². The summed E-state index contributed by atoms with van der Waals surface area (Å²) in [6.45, 7) is 2.77. The topological polar surface area (TPSA) is 33.3 Å². The highest BCUT2D eigenvalue weighted by molar-refractivity contribution is 7.80. The van der Waals surface area contributed by atoms with E-state index in [2.05, 4.69) is 22.8 Å². The molecule has 0 aromatic heterocycles. The second-order valence-corrected chi connectivity index (χ2v) is 5.78. The number of aryl methyl sites for hydroxylation is 1. The fourth-order valence-corrected chi connectivity index (χ4v) is 2.39. The monoisotopic (exact) mass is 334 g/mol. The number of thiocarbonyl (C=S) groups is 1. The number of methoxy groups -OCH3 is 1. The Bertz CT molecular complexity index is 644. The van der Waals surface area contributed by atoms with Gasteiger partial charge in [-0.15, -0.1) is 0 Å². The number of nitrogens with one attached hydrogen (secondary N) is 2. The number of ether oxygens (including phenoxy) is 1. The molecule has 3 nitrogen and oxygen atoms in total. The van der Waals surface area contributed by atoms with Crippen LogP contribution in [0.5, 0.6) is 5.75 Å². The summed E-state index contributed by atoms with van der Waals surface area (Å²) in [7, 11) is 1.67. The van der Waals surface area contributed by atoms with Crippen LogP contribution in [0.3, 0.4) is 0 Å². The second-order valence-electron chi connectivity index (χ2n) is 4.94. The van der Waals surface area contributed by atoms with Gasteiger partial charge in [-0.25, -0.2) is 0 Å².